The van der Waals surface area contributed by atoms with E-state index < -0.39 is 0 Å². The van der Waals surface area contributed by atoms with Crippen molar-refractivity contribution in [1.29, 1.82) is 0 Å². The number of rotatable bonds is 6. The summed E-state index contributed by atoms with van der Waals surface area (Å²) in [5.74, 6) is 0. The van der Waals surface area contributed by atoms with Gasteiger partial charge in [-0.05, 0) is 42.2 Å². The van der Waals surface area contributed by atoms with Gasteiger partial charge in [0.1, 0.15) is 0 Å². The lowest BCUT2D eigenvalue weighted by Gasteiger charge is -2.06. The van der Waals surface area contributed by atoms with Crippen LogP contribution in [0.5, 0.6) is 0 Å². The van der Waals surface area contributed by atoms with Gasteiger partial charge in [0, 0.05) is 12.2 Å². The van der Waals surface area contributed by atoms with Crippen molar-refractivity contribution in [3.63, 3.8) is 0 Å². The van der Waals surface area contributed by atoms with Crippen molar-refractivity contribution in [2.24, 2.45) is 0 Å². The Morgan fingerprint density at radius 3 is 2.11 bits per heavy atom. The van der Waals surface area contributed by atoms with Crippen molar-refractivity contribution in [2.45, 2.75) is 26.2 Å². The highest BCUT2D eigenvalue weighted by Crippen LogP contribution is 2.08. The van der Waals surface area contributed by atoms with Crippen LogP contribution in [-0.2, 0) is 12.8 Å². The van der Waals surface area contributed by atoms with E-state index in [1.165, 1.54) is 24.0 Å². The lowest BCUT2D eigenvalue weighted by atomic mass is 10.1. The Labute approximate surface area is 110 Å². The molecule has 0 atom stereocenters. The molecule has 18 heavy (non-hydrogen) atoms. The zero-order chi connectivity index (χ0) is 12.6. The van der Waals surface area contributed by atoms with Gasteiger partial charge in [-0.2, -0.15) is 0 Å². The average molecular weight is 238 g/mol. The Bertz CT molecular complexity index is 445. The third-order valence-corrected chi connectivity index (χ3v) is 3.02. The molecule has 1 heteroatoms. The van der Waals surface area contributed by atoms with Crippen LogP contribution in [0, 0.1) is 6.07 Å². The summed E-state index contributed by atoms with van der Waals surface area (Å²) in [7, 11) is 0. The highest BCUT2D eigenvalue weighted by atomic mass is 14.9. The number of nitrogens with one attached hydrogen (secondary N) is 1. The molecule has 0 aliphatic carbocycles. The Morgan fingerprint density at radius 1 is 0.889 bits per heavy atom. The summed E-state index contributed by atoms with van der Waals surface area (Å²) >= 11 is 0. The molecule has 0 aromatic heterocycles. The van der Waals surface area contributed by atoms with Crippen LogP contribution in [0.3, 0.4) is 0 Å². The maximum absolute atomic E-state index is 3.41. The monoisotopic (exact) mass is 238 g/mol. The van der Waals surface area contributed by atoms with Crippen molar-refractivity contribution in [2.75, 3.05) is 11.9 Å². The van der Waals surface area contributed by atoms with Crippen molar-refractivity contribution >= 4 is 5.69 Å². The average Bonchev–Trinajstić information content (AvgIpc) is 2.42. The molecule has 2 aromatic carbocycles. The number of hydrogen-bond donors (Lipinski definition) is 1. The van der Waals surface area contributed by atoms with E-state index in [0.717, 1.165) is 18.7 Å². The first-order valence-electron chi connectivity index (χ1n) is 6.66. The van der Waals surface area contributed by atoms with Crippen molar-refractivity contribution < 1.29 is 0 Å². The van der Waals surface area contributed by atoms with Crippen LogP contribution in [0.1, 0.15) is 24.5 Å². The Hall–Kier alpha value is -1.76. The fourth-order valence-electron chi connectivity index (χ4n) is 2.02. The first kappa shape index (κ1) is 12.7. The van der Waals surface area contributed by atoms with Gasteiger partial charge >= 0.3 is 0 Å². The molecule has 2 aromatic rings. The fraction of sp³-hybridized carbons (Fsp3) is 0.294. The first-order chi connectivity index (χ1) is 8.88. The Morgan fingerprint density at radius 2 is 1.50 bits per heavy atom. The lowest BCUT2D eigenvalue weighted by Crippen LogP contribution is -2.04. The predicted octanol–water partition coefficient (Wildman–Crippen LogP) is 4.09. The van der Waals surface area contributed by atoms with Crippen LogP contribution in [0.25, 0.3) is 0 Å². The van der Waals surface area contributed by atoms with E-state index in [1.807, 2.05) is 24.3 Å². The lowest BCUT2D eigenvalue weighted by molar-refractivity contribution is 0.918. The standard InChI is InChI=1S/C17H20N/c1-2-6-15-9-11-16(12-10-15)13-14-18-17-7-4-3-5-8-17/h4-5,7-12,18H,2,6,13-14H2,1H3. The van der Waals surface area contributed by atoms with Gasteiger partial charge in [0.15, 0.2) is 0 Å². The molecule has 93 valence electrons. The van der Waals surface area contributed by atoms with Crippen molar-refractivity contribution in [3.05, 3.63) is 65.7 Å². The van der Waals surface area contributed by atoms with Crippen LogP contribution >= 0.6 is 0 Å². The van der Waals surface area contributed by atoms with Gasteiger partial charge in [-0.1, -0.05) is 49.7 Å². The van der Waals surface area contributed by atoms with Gasteiger partial charge in [-0.25, -0.2) is 0 Å². The van der Waals surface area contributed by atoms with E-state index in [0.29, 0.717) is 0 Å². The van der Waals surface area contributed by atoms with Gasteiger partial charge in [-0.15, -0.1) is 0 Å². The first-order valence-corrected chi connectivity index (χ1v) is 6.66. The van der Waals surface area contributed by atoms with Gasteiger partial charge < -0.3 is 5.32 Å². The van der Waals surface area contributed by atoms with E-state index >= 15 is 0 Å². The largest absolute Gasteiger partial charge is 0.385 e. The van der Waals surface area contributed by atoms with Crippen LogP contribution < -0.4 is 5.32 Å². The van der Waals surface area contributed by atoms with Crippen LogP contribution in [0.2, 0.25) is 0 Å². The zero-order valence-electron chi connectivity index (χ0n) is 10.9. The minimum Gasteiger partial charge on any atom is -0.385 e. The van der Waals surface area contributed by atoms with Gasteiger partial charge in [-0.3, -0.25) is 0 Å². The molecule has 0 fully saturated rings. The van der Waals surface area contributed by atoms with Crippen LogP contribution in [0.15, 0.2) is 48.5 Å². The smallest absolute Gasteiger partial charge is 0.0340 e. The summed E-state index contributed by atoms with van der Waals surface area (Å²) < 4.78 is 0. The predicted molar refractivity (Wildman–Crippen MR) is 77.9 cm³/mol. The van der Waals surface area contributed by atoms with Crippen molar-refractivity contribution in [1.82, 2.24) is 0 Å². The highest BCUT2D eigenvalue weighted by Gasteiger charge is 1.95. The van der Waals surface area contributed by atoms with E-state index in [9.17, 15) is 0 Å². The molecule has 0 saturated heterocycles. The molecule has 0 spiro atoms. The van der Waals surface area contributed by atoms with Crippen LogP contribution in [0.4, 0.5) is 5.69 Å². The molecule has 0 saturated carbocycles. The van der Waals surface area contributed by atoms with Gasteiger partial charge in [0.2, 0.25) is 0 Å². The molecule has 1 N–H and O–H groups in total. The van der Waals surface area contributed by atoms with Crippen LogP contribution in [-0.4, -0.2) is 6.54 Å². The molecular weight excluding hydrogens is 218 g/mol. The zero-order valence-corrected chi connectivity index (χ0v) is 10.9. The second-order valence-corrected chi connectivity index (χ2v) is 4.53. The third-order valence-electron chi connectivity index (χ3n) is 3.02. The summed E-state index contributed by atoms with van der Waals surface area (Å²) in [5, 5.41) is 3.41. The summed E-state index contributed by atoms with van der Waals surface area (Å²) in [4.78, 5) is 0. The van der Waals surface area contributed by atoms with E-state index in [1.54, 1.807) is 0 Å². The maximum atomic E-state index is 3.41. The summed E-state index contributed by atoms with van der Waals surface area (Å²) in [5.41, 5.74) is 3.99. The highest BCUT2D eigenvalue weighted by molar-refractivity contribution is 5.42. The summed E-state index contributed by atoms with van der Waals surface area (Å²) in [6.45, 7) is 3.19. The topological polar surface area (TPSA) is 12.0 Å². The molecular formula is C17H20N. The maximum Gasteiger partial charge on any atom is 0.0340 e. The van der Waals surface area contributed by atoms with E-state index in [4.69, 9.17) is 0 Å². The number of aryl methyl sites for hydroxylation is 1. The molecule has 1 nitrogen and oxygen atoms in total. The molecule has 1 radical (unpaired) electrons. The SMILES string of the molecule is CCCc1ccc(CCNc2cc[c]cc2)cc1. The normalized spacial score (nSPS) is 10.3. The molecule has 0 aliphatic heterocycles. The fourth-order valence-corrected chi connectivity index (χ4v) is 2.02. The molecule has 0 heterocycles. The third kappa shape index (κ3) is 3.92. The van der Waals surface area contributed by atoms with Crippen molar-refractivity contribution in [3.8, 4) is 0 Å². The summed E-state index contributed by atoms with van der Waals surface area (Å²) in [6, 6.07) is 20.0. The molecule has 2 rings (SSSR count). The number of anilines is 1. The minimum atomic E-state index is 0.969. The minimum absolute atomic E-state index is 0.969. The summed E-state index contributed by atoms with van der Waals surface area (Å²) in [6.07, 6.45) is 3.45. The van der Waals surface area contributed by atoms with E-state index in [-0.39, 0.29) is 0 Å². The molecule has 0 aliphatic rings. The second-order valence-electron chi connectivity index (χ2n) is 4.53. The Balaban J connectivity index is 1.80. The number of hydrogen-bond acceptors (Lipinski definition) is 1. The Kier molecular flexibility index (Phi) is 4.83. The van der Waals surface area contributed by atoms with Gasteiger partial charge in [0.05, 0.1) is 0 Å². The van der Waals surface area contributed by atoms with Gasteiger partial charge in [0.25, 0.3) is 0 Å². The number of benzene rings is 2. The quantitative estimate of drug-likeness (QED) is 0.799. The molecule has 0 amide bonds. The second kappa shape index (κ2) is 6.85. The molecule has 0 bridgehead atoms. The van der Waals surface area contributed by atoms with E-state index in [2.05, 4.69) is 42.6 Å². The molecule has 0 unspecified atom stereocenters.